The third-order valence-electron chi connectivity index (χ3n) is 3.82. The summed E-state index contributed by atoms with van der Waals surface area (Å²) in [5.74, 6) is -1.66. The molecular weight excluding hydrogens is 290 g/mol. The van der Waals surface area contributed by atoms with Crippen LogP contribution in [-0.4, -0.2) is 16.8 Å². The molecule has 1 aliphatic rings. The Hall–Kier alpha value is -3.21. The van der Waals surface area contributed by atoms with Gasteiger partial charge in [-0.05, 0) is 35.1 Å². The van der Waals surface area contributed by atoms with E-state index in [2.05, 4.69) is 15.0 Å². The fourth-order valence-corrected chi connectivity index (χ4v) is 2.75. The van der Waals surface area contributed by atoms with E-state index in [9.17, 15) is 9.59 Å². The van der Waals surface area contributed by atoms with Crippen molar-refractivity contribution in [3.05, 3.63) is 76.7 Å². The van der Waals surface area contributed by atoms with E-state index in [0.717, 1.165) is 21.9 Å². The smallest absolute Gasteiger partial charge is 0.264 e. The highest BCUT2D eigenvalue weighted by Crippen LogP contribution is 2.12. The number of hydrogen-bond donors (Lipinski definition) is 0. The Kier molecular flexibility index (Phi) is 3.05. The van der Waals surface area contributed by atoms with E-state index in [-0.39, 0.29) is 0 Å². The Morgan fingerprint density at radius 2 is 1.61 bits per heavy atom. The van der Waals surface area contributed by atoms with Gasteiger partial charge in [0.1, 0.15) is 5.36 Å². The number of carbonyl (C=O) groups is 2. The maximum Gasteiger partial charge on any atom is 0.338 e. The van der Waals surface area contributed by atoms with Crippen LogP contribution in [0.1, 0.15) is 11.1 Å². The van der Waals surface area contributed by atoms with Crippen LogP contribution in [0, 0.1) is 0 Å². The first kappa shape index (κ1) is 13.5. The molecule has 110 valence electrons. The summed E-state index contributed by atoms with van der Waals surface area (Å²) in [5.41, 5.74) is 1.97. The van der Waals surface area contributed by atoms with E-state index in [1.165, 1.54) is 0 Å². The van der Waals surface area contributed by atoms with Gasteiger partial charge >= 0.3 is 11.8 Å². The summed E-state index contributed by atoms with van der Waals surface area (Å²) < 4.78 is 0. The number of amides is 2. The molecule has 23 heavy (non-hydrogen) atoms. The molecule has 0 fully saturated rings. The van der Waals surface area contributed by atoms with Gasteiger partial charge in [0.05, 0.1) is 5.36 Å². The van der Waals surface area contributed by atoms with E-state index < -0.39 is 11.8 Å². The predicted molar refractivity (Wildman–Crippen MR) is 83.3 cm³/mol. The minimum Gasteiger partial charge on any atom is -0.264 e. The standard InChI is InChI=1S/C18H11N3O2/c22-17-18(23)21-16-14-10-19-7-6-12(14)9-13(15(16)20-17)8-11-4-2-1-3-5-11/h1-7,9-10H,8H2. The third-order valence-corrected chi connectivity index (χ3v) is 3.82. The third kappa shape index (κ3) is 2.32. The zero-order chi connectivity index (χ0) is 15.8. The maximum atomic E-state index is 11.7. The van der Waals surface area contributed by atoms with Crippen LogP contribution in [-0.2, 0) is 16.0 Å². The minimum atomic E-state index is -0.834. The second-order valence-corrected chi connectivity index (χ2v) is 5.33. The van der Waals surface area contributed by atoms with Crippen molar-refractivity contribution in [1.82, 2.24) is 4.98 Å². The van der Waals surface area contributed by atoms with Gasteiger partial charge in [0.25, 0.3) is 0 Å². The quantitative estimate of drug-likeness (QED) is 0.666. The number of pyridine rings is 1. The zero-order valence-electron chi connectivity index (χ0n) is 12.1. The van der Waals surface area contributed by atoms with Crippen LogP contribution in [0.4, 0.5) is 0 Å². The number of aromatic nitrogens is 1. The van der Waals surface area contributed by atoms with Crippen molar-refractivity contribution in [2.45, 2.75) is 6.42 Å². The first-order chi connectivity index (χ1) is 11.2. The van der Waals surface area contributed by atoms with Gasteiger partial charge in [-0.2, -0.15) is 0 Å². The van der Waals surface area contributed by atoms with Gasteiger partial charge in [0.2, 0.25) is 0 Å². The summed E-state index contributed by atoms with van der Waals surface area (Å²) in [5, 5.41) is 2.56. The molecule has 4 rings (SSSR count). The Bertz CT molecular complexity index is 1070. The average Bonchev–Trinajstić information content (AvgIpc) is 2.57. The van der Waals surface area contributed by atoms with Crippen molar-refractivity contribution < 1.29 is 9.59 Å². The molecule has 5 nitrogen and oxygen atoms in total. The SMILES string of the molecule is O=C1N=c2c(Cc3ccccc3)cc3ccncc3c2=NC1=O. The van der Waals surface area contributed by atoms with Crippen LogP contribution in [0.3, 0.4) is 0 Å². The van der Waals surface area contributed by atoms with E-state index >= 15 is 0 Å². The van der Waals surface area contributed by atoms with Crippen molar-refractivity contribution in [3.8, 4) is 0 Å². The van der Waals surface area contributed by atoms with Gasteiger partial charge in [0, 0.05) is 17.8 Å². The van der Waals surface area contributed by atoms with Crippen LogP contribution < -0.4 is 10.7 Å². The summed E-state index contributed by atoms with van der Waals surface area (Å²) >= 11 is 0. The lowest BCUT2D eigenvalue weighted by Gasteiger charge is -2.08. The molecule has 2 amide bonds. The summed E-state index contributed by atoms with van der Waals surface area (Å²) in [4.78, 5) is 35.3. The fraction of sp³-hybridized carbons (Fsp3) is 0.0556. The van der Waals surface area contributed by atoms with Gasteiger partial charge in [-0.1, -0.05) is 30.3 Å². The Morgan fingerprint density at radius 1 is 0.870 bits per heavy atom. The van der Waals surface area contributed by atoms with Crippen LogP contribution in [0.15, 0.2) is 64.8 Å². The lowest BCUT2D eigenvalue weighted by molar-refractivity contribution is -0.135. The van der Waals surface area contributed by atoms with Crippen LogP contribution >= 0.6 is 0 Å². The molecule has 0 aliphatic carbocycles. The summed E-state index contributed by atoms with van der Waals surface area (Å²) in [7, 11) is 0. The molecular formula is C18H11N3O2. The molecule has 0 unspecified atom stereocenters. The van der Waals surface area contributed by atoms with Crippen LogP contribution in [0.25, 0.3) is 10.8 Å². The van der Waals surface area contributed by atoms with E-state index in [1.54, 1.807) is 12.4 Å². The van der Waals surface area contributed by atoms with Crippen molar-refractivity contribution in [1.29, 1.82) is 0 Å². The topological polar surface area (TPSA) is 71.8 Å². The van der Waals surface area contributed by atoms with Crippen molar-refractivity contribution in [2.75, 3.05) is 0 Å². The summed E-state index contributed by atoms with van der Waals surface area (Å²) in [6, 6.07) is 13.7. The monoisotopic (exact) mass is 301 g/mol. The normalized spacial score (nSPS) is 13.4. The first-order valence-corrected chi connectivity index (χ1v) is 7.17. The highest BCUT2D eigenvalue weighted by atomic mass is 16.2. The lowest BCUT2D eigenvalue weighted by Crippen LogP contribution is -2.37. The largest absolute Gasteiger partial charge is 0.338 e. The van der Waals surface area contributed by atoms with Gasteiger partial charge in [-0.15, -0.1) is 0 Å². The molecule has 2 aromatic carbocycles. The molecule has 0 bridgehead atoms. The zero-order valence-corrected chi connectivity index (χ0v) is 12.1. The van der Waals surface area contributed by atoms with Gasteiger partial charge in [0.15, 0.2) is 0 Å². The molecule has 1 aromatic heterocycles. The predicted octanol–water partition coefficient (Wildman–Crippen LogP) is 1.13. The Balaban J connectivity index is 2.04. The Morgan fingerprint density at radius 3 is 2.39 bits per heavy atom. The number of fused-ring (bicyclic) bond motifs is 3. The summed E-state index contributed by atoms with van der Waals surface area (Å²) in [6.45, 7) is 0. The molecule has 0 radical (unpaired) electrons. The minimum absolute atomic E-state index is 0.436. The molecule has 0 N–H and O–H groups in total. The number of nitrogens with zero attached hydrogens (tertiary/aromatic N) is 3. The van der Waals surface area contributed by atoms with Gasteiger partial charge < -0.3 is 0 Å². The van der Waals surface area contributed by atoms with Gasteiger partial charge in [-0.25, -0.2) is 9.98 Å². The number of hydrogen-bond acceptors (Lipinski definition) is 3. The highest BCUT2D eigenvalue weighted by Gasteiger charge is 2.19. The fourth-order valence-electron chi connectivity index (χ4n) is 2.75. The molecule has 0 saturated carbocycles. The molecule has 0 atom stereocenters. The molecule has 5 heteroatoms. The van der Waals surface area contributed by atoms with Crippen LogP contribution in [0.2, 0.25) is 0 Å². The molecule has 0 saturated heterocycles. The van der Waals surface area contributed by atoms with Crippen molar-refractivity contribution in [2.24, 2.45) is 9.98 Å². The molecule has 2 heterocycles. The van der Waals surface area contributed by atoms with E-state index in [0.29, 0.717) is 17.1 Å². The van der Waals surface area contributed by atoms with E-state index in [4.69, 9.17) is 0 Å². The first-order valence-electron chi connectivity index (χ1n) is 7.17. The van der Waals surface area contributed by atoms with Gasteiger partial charge in [-0.3, -0.25) is 14.6 Å². The Labute approximate surface area is 131 Å². The second kappa shape index (κ2) is 5.21. The highest BCUT2D eigenvalue weighted by molar-refractivity contribution is 6.36. The van der Waals surface area contributed by atoms with Crippen LogP contribution in [0.5, 0.6) is 0 Å². The average molecular weight is 301 g/mol. The van der Waals surface area contributed by atoms with Crippen molar-refractivity contribution in [3.63, 3.8) is 0 Å². The lowest BCUT2D eigenvalue weighted by atomic mass is 10.00. The van der Waals surface area contributed by atoms with Crippen molar-refractivity contribution >= 4 is 22.6 Å². The maximum absolute atomic E-state index is 11.7. The molecule has 1 aliphatic heterocycles. The molecule has 0 spiro atoms. The molecule has 3 aromatic rings. The number of carbonyl (C=O) groups excluding carboxylic acids is 2. The summed E-state index contributed by atoms with van der Waals surface area (Å²) in [6.07, 6.45) is 3.94. The number of rotatable bonds is 2. The second-order valence-electron chi connectivity index (χ2n) is 5.33. The number of benzene rings is 2. The van der Waals surface area contributed by atoms with E-state index in [1.807, 2.05) is 42.5 Å².